The molecule has 158 valence electrons. The summed E-state index contributed by atoms with van der Waals surface area (Å²) in [6.07, 6.45) is 4.49. The van der Waals surface area contributed by atoms with Gasteiger partial charge in [0.15, 0.2) is 0 Å². The third-order valence-electron chi connectivity index (χ3n) is 4.89. The number of hydrogen-bond donors (Lipinski definition) is 1. The van der Waals surface area contributed by atoms with Gasteiger partial charge in [-0.05, 0) is 42.7 Å². The summed E-state index contributed by atoms with van der Waals surface area (Å²) in [5, 5.41) is 10.9. The lowest BCUT2D eigenvalue weighted by Gasteiger charge is -2.25. The molecule has 1 atom stereocenters. The lowest BCUT2D eigenvalue weighted by Crippen LogP contribution is -2.31. The molecule has 1 unspecified atom stereocenters. The molecule has 7 nitrogen and oxygen atoms in total. The molecule has 3 rings (SSSR count). The first-order valence-corrected chi connectivity index (χ1v) is 9.99. The van der Waals surface area contributed by atoms with Crippen LogP contribution in [0.25, 0.3) is 5.76 Å². The second kappa shape index (κ2) is 10.0. The Morgan fingerprint density at radius 3 is 2.63 bits per heavy atom. The number of methoxy groups -OCH3 is 1. The van der Waals surface area contributed by atoms with Gasteiger partial charge in [0.1, 0.15) is 11.5 Å². The van der Waals surface area contributed by atoms with Crippen LogP contribution in [-0.2, 0) is 14.3 Å². The number of aromatic nitrogens is 1. The molecule has 1 aliphatic rings. The Kier molecular flexibility index (Phi) is 7.19. The summed E-state index contributed by atoms with van der Waals surface area (Å²) in [5.41, 5.74) is 1.20. The number of aliphatic hydroxyl groups is 1. The topological polar surface area (TPSA) is 89.0 Å². The highest BCUT2D eigenvalue weighted by molar-refractivity contribution is 6.46. The number of hydrogen-bond acceptors (Lipinski definition) is 6. The number of Topliss-reactive ketones (excluding diaryl/α,β-unsaturated/α-hetero) is 1. The van der Waals surface area contributed by atoms with Crippen molar-refractivity contribution in [3.63, 3.8) is 0 Å². The van der Waals surface area contributed by atoms with Gasteiger partial charge in [0.05, 0.1) is 18.2 Å². The molecular formula is C23H26N2O5. The number of carbonyl (C=O) groups is 2. The van der Waals surface area contributed by atoms with Crippen molar-refractivity contribution >= 4 is 17.4 Å². The lowest BCUT2D eigenvalue weighted by molar-refractivity contribution is -0.140. The zero-order chi connectivity index (χ0) is 21.5. The first-order valence-electron chi connectivity index (χ1n) is 9.99. The Morgan fingerprint density at radius 2 is 1.93 bits per heavy atom. The van der Waals surface area contributed by atoms with Crippen molar-refractivity contribution in [3.8, 4) is 5.75 Å². The van der Waals surface area contributed by atoms with Crippen LogP contribution in [0.2, 0.25) is 0 Å². The number of likely N-dealkylation sites (tertiary alicyclic amines) is 1. The Labute approximate surface area is 175 Å². The van der Waals surface area contributed by atoms with Crippen LogP contribution in [0.3, 0.4) is 0 Å². The van der Waals surface area contributed by atoms with Crippen molar-refractivity contribution in [2.75, 3.05) is 26.9 Å². The van der Waals surface area contributed by atoms with Gasteiger partial charge < -0.3 is 19.5 Å². The second-order valence-corrected chi connectivity index (χ2v) is 7.00. The van der Waals surface area contributed by atoms with Gasteiger partial charge >= 0.3 is 0 Å². The predicted octanol–water partition coefficient (Wildman–Crippen LogP) is 3.33. The van der Waals surface area contributed by atoms with Gasteiger partial charge in [0.2, 0.25) is 0 Å². The molecule has 0 radical (unpaired) electrons. The third-order valence-corrected chi connectivity index (χ3v) is 4.89. The summed E-state index contributed by atoms with van der Waals surface area (Å²) in [7, 11) is 1.59. The van der Waals surface area contributed by atoms with E-state index in [0.29, 0.717) is 43.1 Å². The smallest absolute Gasteiger partial charge is 0.295 e. The largest absolute Gasteiger partial charge is 0.507 e. The van der Waals surface area contributed by atoms with E-state index >= 15 is 0 Å². The summed E-state index contributed by atoms with van der Waals surface area (Å²) >= 11 is 0. The van der Waals surface area contributed by atoms with E-state index in [0.717, 1.165) is 6.42 Å². The van der Waals surface area contributed by atoms with Crippen LogP contribution in [0, 0.1) is 0 Å². The molecule has 0 saturated carbocycles. The standard InChI is InChI=1S/C23H26N2O5/c1-3-13-30-18-7-4-6-17(15-18)20-19(21(26)16-8-10-24-11-9-16)22(27)23(28)25(20)12-5-14-29-2/h4,6-11,15,20,26H,3,5,12-14H2,1-2H3/b21-19-. The summed E-state index contributed by atoms with van der Waals surface area (Å²) in [6.45, 7) is 3.37. The molecule has 1 amide bonds. The maximum atomic E-state index is 12.9. The summed E-state index contributed by atoms with van der Waals surface area (Å²) in [5.74, 6) is -0.895. The number of carbonyl (C=O) groups excluding carboxylic acids is 2. The Morgan fingerprint density at radius 1 is 1.17 bits per heavy atom. The molecule has 30 heavy (non-hydrogen) atoms. The number of nitrogens with zero attached hydrogens (tertiary/aromatic N) is 2. The fourth-order valence-electron chi connectivity index (χ4n) is 3.50. The van der Waals surface area contributed by atoms with E-state index in [-0.39, 0.29) is 11.3 Å². The third kappa shape index (κ3) is 4.52. The molecule has 0 spiro atoms. The molecule has 1 fully saturated rings. The van der Waals surface area contributed by atoms with Crippen molar-refractivity contribution in [1.82, 2.24) is 9.88 Å². The molecule has 0 bridgehead atoms. The van der Waals surface area contributed by atoms with Gasteiger partial charge in [-0.1, -0.05) is 19.1 Å². The van der Waals surface area contributed by atoms with E-state index in [2.05, 4.69) is 4.98 Å². The maximum Gasteiger partial charge on any atom is 0.295 e. The molecule has 2 heterocycles. The van der Waals surface area contributed by atoms with Crippen molar-refractivity contribution in [3.05, 3.63) is 65.5 Å². The number of ketones is 1. The number of ether oxygens (including phenoxy) is 2. The van der Waals surface area contributed by atoms with E-state index in [1.54, 1.807) is 19.2 Å². The first kappa shape index (κ1) is 21.5. The van der Waals surface area contributed by atoms with Gasteiger partial charge in [0.25, 0.3) is 11.7 Å². The van der Waals surface area contributed by atoms with Crippen molar-refractivity contribution in [2.24, 2.45) is 0 Å². The lowest BCUT2D eigenvalue weighted by atomic mass is 9.95. The van der Waals surface area contributed by atoms with Crippen LogP contribution in [-0.4, -0.2) is 53.5 Å². The highest BCUT2D eigenvalue weighted by Gasteiger charge is 2.45. The van der Waals surface area contributed by atoms with Crippen LogP contribution in [0.15, 0.2) is 54.4 Å². The number of aliphatic hydroxyl groups excluding tert-OH is 1. The van der Waals surface area contributed by atoms with Gasteiger partial charge in [0, 0.05) is 38.2 Å². The highest BCUT2D eigenvalue weighted by Crippen LogP contribution is 2.40. The Balaban J connectivity index is 2.08. The van der Waals surface area contributed by atoms with Gasteiger partial charge in [-0.2, -0.15) is 0 Å². The molecule has 1 aromatic carbocycles. The molecule has 1 N–H and O–H groups in total. The van der Waals surface area contributed by atoms with Crippen LogP contribution >= 0.6 is 0 Å². The minimum absolute atomic E-state index is 0.0660. The average molecular weight is 410 g/mol. The fraction of sp³-hybridized carbons (Fsp3) is 0.348. The normalized spacial score (nSPS) is 18.1. The van der Waals surface area contributed by atoms with Crippen LogP contribution in [0.4, 0.5) is 0 Å². The number of pyridine rings is 1. The second-order valence-electron chi connectivity index (χ2n) is 7.00. The van der Waals surface area contributed by atoms with Gasteiger partial charge in [-0.25, -0.2) is 0 Å². The van der Waals surface area contributed by atoms with E-state index in [9.17, 15) is 14.7 Å². The van der Waals surface area contributed by atoms with Crippen molar-refractivity contribution in [2.45, 2.75) is 25.8 Å². The van der Waals surface area contributed by atoms with Crippen molar-refractivity contribution < 1.29 is 24.2 Å². The van der Waals surface area contributed by atoms with Gasteiger partial charge in [-0.3, -0.25) is 14.6 Å². The average Bonchev–Trinajstić information content (AvgIpc) is 3.03. The summed E-state index contributed by atoms with van der Waals surface area (Å²) in [4.78, 5) is 31.2. The van der Waals surface area contributed by atoms with Crippen LogP contribution in [0.1, 0.15) is 36.9 Å². The molecule has 1 aliphatic heterocycles. The molecule has 1 saturated heterocycles. The summed E-state index contributed by atoms with van der Waals surface area (Å²) < 4.78 is 10.8. The fourth-order valence-corrected chi connectivity index (χ4v) is 3.50. The SMILES string of the molecule is CCCOc1cccc(C2/C(=C(/O)c3ccncc3)C(=O)C(=O)N2CCCOC)c1. The van der Waals surface area contributed by atoms with Gasteiger partial charge in [-0.15, -0.1) is 0 Å². The molecule has 0 aliphatic carbocycles. The number of benzene rings is 1. The number of amides is 1. The quantitative estimate of drug-likeness (QED) is 0.295. The first-order chi connectivity index (χ1) is 14.6. The zero-order valence-corrected chi connectivity index (χ0v) is 17.2. The van der Waals surface area contributed by atoms with Crippen molar-refractivity contribution in [1.29, 1.82) is 0 Å². The Hall–Kier alpha value is -3.19. The van der Waals surface area contributed by atoms with E-state index in [1.807, 2.05) is 31.2 Å². The summed E-state index contributed by atoms with van der Waals surface area (Å²) in [6, 6.07) is 9.80. The molecule has 2 aromatic rings. The number of rotatable bonds is 9. The molecular weight excluding hydrogens is 384 g/mol. The van der Waals surface area contributed by atoms with Crippen LogP contribution in [0.5, 0.6) is 5.75 Å². The van der Waals surface area contributed by atoms with Crippen LogP contribution < -0.4 is 4.74 Å². The zero-order valence-electron chi connectivity index (χ0n) is 17.2. The minimum atomic E-state index is -0.708. The minimum Gasteiger partial charge on any atom is -0.507 e. The highest BCUT2D eigenvalue weighted by atomic mass is 16.5. The maximum absolute atomic E-state index is 12.9. The molecule has 7 heteroatoms. The monoisotopic (exact) mass is 410 g/mol. The molecule has 1 aromatic heterocycles. The predicted molar refractivity (Wildman–Crippen MR) is 112 cm³/mol. The van der Waals surface area contributed by atoms with E-state index < -0.39 is 17.7 Å². The Bertz CT molecular complexity index is 926. The van der Waals surface area contributed by atoms with E-state index in [1.165, 1.54) is 17.3 Å². The van der Waals surface area contributed by atoms with E-state index in [4.69, 9.17) is 9.47 Å².